The summed E-state index contributed by atoms with van der Waals surface area (Å²) < 4.78 is 15.7. The van der Waals surface area contributed by atoms with Crippen LogP contribution in [0.1, 0.15) is 30.0 Å². The van der Waals surface area contributed by atoms with Gasteiger partial charge in [0.25, 0.3) is 0 Å². The maximum Gasteiger partial charge on any atom is 0.126 e. The van der Waals surface area contributed by atoms with E-state index in [4.69, 9.17) is 0 Å². The number of rotatable bonds is 6. The summed E-state index contributed by atoms with van der Waals surface area (Å²) in [4.78, 5) is 0. The summed E-state index contributed by atoms with van der Waals surface area (Å²) in [5.41, 5.74) is 1.66. The lowest BCUT2D eigenvalue weighted by Gasteiger charge is -2.17. The van der Waals surface area contributed by atoms with Crippen molar-refractivity contribution in [2.24, 2.45) is 7.05 Å². The molecule has 0 amide bonds. The first-order valence-corrected chi connectivity index (χ1v) is 7.05. The summed E-state index contributed by atoms with van der Waals surface area (Å²) in [7, 11) is 1.84. The standard InChI is InChI=1S/C15H19FN4/c1-20-10-13(18-19-20)8-11(9-17-12-6-7-12)14-4-2-3-5-15(14)16/h2-5,10-12,17H,6-9H2,1H3. The molecule has 1 N–H and O–H groups in total. The zero-order valence-corrected chi connectivity index (χ0v) is 11.6. The average Bonchev–Trinajstić information content (AvgIpc) is 3.18. The Hall–Kier alpha value is -1.75. The fraction of sp³-hybridized carbons (Fsp3) is 0.467. The number of aryl methyl sites for hydroxylation is 1. The van der Waals surface area contributed by atoms with E-state index in [1.165, 1.54) is 18.9 Å². The van der Waals surface area contributed by atoms with Gasteiger partial charge in [-0.05, 0) is 24.5 Å². The Labute approximate surface area is 118 Å². The number of aromatic nitrogens is 3. The topological polar surface area (TPSA) is 42.7 Å². The molecule has 1 aromatic carbocycles. The van der Waals surface area contributed by atoms with Gasteiger partial charge in [0.15, 0.2) is 0 Å². The summed E-state index contributed by atoms with van der Waals surface area (Å²) in [6.07, 6.45) is 5.06. The SMILES string of the molecule is Cn1cc(CC(CNC2CC2)c2ccccc2F)nn1. The highest BCUT2D eigenvalue weighted by molar-refractivity contribution is 5.23. The van der Waals surface area contributed by atoms with Crippen LogP contribution in [-0.2, 0) is 13.5 Å². The molecule has 1 aliphatic carbocycles. The summed E-state index contributed by atoms with van der Waals surface area (Å²) in [5.74, 6) is -0.0486. The third kappa shape index (κ3) is 3.22. The van der Waals surface area contributed by atoms with Crippen LogP contribution in [0.3, 0.4) is 0 Å². The van der Waals surface area contributed by atoms with Crippen molar-refractivity contribution < 1.29 is 4.39 Å². The van der Waals surface area contributed by atoms with Gasteiger partial charge in [0, 0.05) is 38.2 Å². The molecule has 1 saturated carbocycles. The summed E-state index contributed by atoms with van der Waals surface area (Å²) in [5, 5.41) is 11.5. The molecule has 0 bridgehead atoms. The lowest BCUT2D eigenvalue weighted by molar-refractivity contribution is 0.532. The maximum absolute atomic E-state index is 14.0. The predicted molar refractivity (Wildman–Crippen MR) is 74.9 cm³/mol. The second kappa shape index (κ2) is 5.71. The van der Waals surface area contributed by atoms with E-state index in [1.54, 1.807) is 10.7 Å². The molecule has 106 valence electrons. The molecule has 0 aliphatic heterocycles. The van der Waals surface area contributed by atoms with Crippen molar-refractivity contribution in [3.8, 4) is 0 Å². The van der Waals surface area contributed by atoms with Crippen molar-refractivity contribution in [3.05, 3.63) is 47.5 Å². The van der Waals surface area contributed by atoms with Gasteiger partial charge in [-0.1, -0.05) is 23.4 Å². The minimum absolute atomic E-state index is 0.0912. The van der Waals surface area contributed by atoms with Gasteiger partial charge in [0.1, 0.15) is 5.82 Å². The molecule has 0 saturated heterocycles. The third-order valence-electron chi connectivity index (χ3n) is 3.68. The molecule has 1 unspecified atom stereocenters. The maximum atomic E-state index is 14.0. The van der Waals surface area contributed by atoms with Gasteiger partial charge in [0.2, 0.25) is 0 Å². The molecule has 2 aromatic rings. The van der Waals surface area contributed by atoms with Crippen LogP contribution in [-0.4, -0.2) is 27.6 Å². The van der Waals surface area contributed by atoms with E-state index >= 15 is 0 Å². The van der Waals surface area contributed by atoms with Crippen molar-refractivity contribution >= 4 is 0 Å². The van der Waals surface area contributed by atoms with Crippen molar-refractivity contribution in [1.29, 1.82) is 0 Å². The van der Waals surface area contributed by atoms with Crippen LogP contribution >= 0.6 is 0 Å². The number of nitrogens with zero attached hydrogens (tertiary/aromatic N) is 3. The van der Waals surface area contributed by atoms with Gasteiger partial charge < -0.3 is 5.32 Å². The normalized spacial score (nSPS) is 16.3. The molecule has 0 radical (unpaired) electrons. The monoisotopic (exact) mass is 274 g/mol. The Bertz CT molecular complexity index is 577. The van der Waals surface area contributed by atoms with Crippen LogP contribution in [0.4, 0.5) is 4.39 Å². The first-order chi connectivity index (χ1) is 9.72. The van der Waals surface area contributed by atoms with Crippen molar-refractivity contribution in [2.45, 2.75) is 31.2 Å². The van der Waals surface area contributed by atoms with E-state index in [0.29, 0.717) is 12.5 Å². The molecule has 20 heavy (non-hydrogen) atoms. The highest BCUT2D eigenvalue weighted by Gasteiger charge is 2.24. The second-order valence-electron chi connectivity index (χ2n) is 5.49. The molecule has 1 heterocycles. The van der Waals surface area contributed by atoms with Gasteiger partial charge in [-0.2, -0.15) is 0 Å². The van der Waals surface area contributed by atoms with E-state index in [0.717, 1.165) is 17.8 Å². The average molecular weight is 274 g/mol. The molecular formula is C15H19FN4. The second-order valence-corrected chi connectivity index (χ2v) is 5.49. The molecule has 3 rings (SSSR count). The van der Waals surface area contributed by atoms with Gasteiger partial charge >= 0.3 is 0 Å². The molecule has 1 atom stereocenters. The quantitative estimate of drug-likeness (QED) is 0.876. The van der Waals surface area contributed by atoms with Gasteiger partial charge in [0.05, 0.1) is 5.69 Å². The highest BCUT2D eigenvalue weighted by atomic mass is 19.1. The van der Waals surface area contributed by atoms with E-state index in [1.807, 2.05) is 25.4 Å². The molecule has 4 nitrogen and oxygen atoms in total. The van der Waals surface area contributed by atoms with Crippen molar-refractivity contribution in [3.63, 3.8) is 0 Å². The molecule has 0 spiro atoms. The van der Waals surface area contributed by atoms with E-state index in [9.17, 15) is 4.39 Å². The molecule has 1 aromatic heterocycles. The number of benzene rings is 1. The first kappa shape index (κ1) is 13.2. The highest BCUT2D eigenvalue weighted by Crippen LogP contribution is 2.25. The largest absolute Gasteiger partial charge is 0.313 e. The van der Waals surface area contributed by atoms with Crippen LogP contribution in [0.2, 0.25) is 0 Å². The van der Waals surface area contributed by atoms with E-state index in [2.05, 4.69) is 15.6 Å². The van der Waals surface area contributed by atoms with Gasteiger partial charge in [-0.3, -0.25) is 4.68 Å². The minimum Gasteiger partial charge on any atom is -0.313 e. The zero-order chi connectivity index (χ0) is 13.9. The summed E-state index contributed by atoms with van der Waals surface area (Å²) in [6, 6.07) is 7.62. The summed E-state index contributed by atoms with van der Waals surface area (Å²) in [6.45, 7) is 0.780. The van der Waals surface area contributed by atoms with Crippen LogP contribution in [0.5, 0.6) is 0 Å². The number of hydrogen-bond acceptors (Lipinski definition) is 3. The van der Waals surface area contributed by atoms with Gasteiger partial charge in [-0.15, -0.1) is 5.10 Å². The molecule has 1 aliphatic rings. The number of hydrogen-bond donors (Lipinski definition) is 1. The van der Waals surface area contributed by atoms with Crippen LogP contribution in [0.25, 0.3) is 0 Å². The van der Waals surface area contributed by atoms with E-state index < -0.39 is 0 Å². The fourth-order valence-electron chi connectivity index (χ4n) is 2.44. The fourth-order valence-corrected chi connectivity index (χ4v) is 2.44. The lowest BCUT2D eigenvalue weighted by Crippen LogP contribution is -2.25. The Balaban J connectivity index is 1.77. The first-order valence-electron chi connectivity index (χ1n) is 7.05. The molecular weight excluding hydrogens is 255 g/mol. The predicted octanol–water partition coefficient (Wildman–Crippen LogP) is 2.03. The number of halogens is 1. The minimum atomic E-state index is -0.140. The summed E-state index contributed by atoms with van der Waals surface area (Å²) >= 11 is 0. The van der Waals surface area contributed by atoms with Crippen LogP contribution < -0.4 is 5.32 Å². The zero-order valence-electron chi connectivity index (χ0n) is 11.6. The van der Waals surface area contributed by atoms with Gasteiger partial charge in [-0.25, -0.2) is 4.39 Å². The van der Waals surface area contributed by atoms with E-state index in [-0.39, 0.29) is 11.7 Å². The Morgan fingerprint density at radius 1 is 1.40 bits per heavy atom. The smallest absolute Gasteiger partial charge is 0.126 e. The Morgan fingerprint density at radius 2 is 2.20 bits per heavy atom. The van der Waals surface area contributed by atoms with Crippen LogP contribution in [0, 0.1) is 5.82 Å². The van der Waals surface area contributed by atoms with Crippen molar-refractivity contribution in [1.82, 2.24) is 20.3 Å². The Morgan fingerprint density at radius 3 is 2.85 bits per heavy atom. The lowest BCUT2D eigenvalue weighted by atomic mass is 9.93. The third-order valence-corrected chi connectivity index (χ3v) is 3.68. The van der Waals surface area contributed by atoms with Crippen molar-refractivity contribution in [2.75, 3.05) is 6.54 Å². The molecule has 1 fully saturated rings. The van der Waals surface area contributed by atoms with Crippen LogP contribution in [0.15, 0.2) is 30.5 Å². The Kier molecular flexibility index (Phi) is 3.78. The number of nitrogens with one attached hydrogen (secondary N) is 1. The molecule has 5 heteroatoms.